The SMILES string of the molecule is C=CC(=O)OC1(C(=O)O)C(OC(C)C)=CC=CC1C(=O)O. The number of allylic oxidation sites excluding steroid dienone is 2. The molecule has 2 unspecified atom stereocenters. The Bertz CT molecular complexity index is 529. The minimum atomic E-state index is -2.46. The smallest absolute Gasteiger partial charge is 0.357 e. The third kappa shape index (κ3) is 3.13. The Kier molecular flexibility index (Phi) is 4.91. The standard InChI is InChI=1S/C14H16O7/c1-4-11(15)21-14(13(18)19)9(12(16)17)6-5-7-10(14)20-8(2)3/h4-9H,1H2,2-3H3,(H,16,17)(H,18,19). The van der Waals surface area contributed by atoms with Gasteiger partial charge < -0.3 is 19.7 Å². The molecule has 0 aliphatic heterocycles. The molecule has 0 saturated heterocycles. The number of rotatable bonds is 6. The average Bonchev–Trinajstić information content (AvgIpc) is 2.39. The molecule has 0 fully saturated rings. The Labute approximate surface area is 121 Å². The highest BCUT2D eigenvalue weighted by Crippen LogP contribution is 2.37. The first kappa shape index (κ1) is 16.5. The van der Waals surface area contributed by atoms with Gasteiger partial charge in [-0.3, -0.25) is 4.79 Å². The minimum absolute atomic E-state index is 0.255. The summed E-state index contributed by atoms with van der Waals surface area (Å²) in [6.45, 7) is 6.45. The first-order valence-corrected chi connectivity index (χ1v) is 6.13. The molecule has 1 rings (SSSR count). The molecule has 0 aromatic heterocycles. The third-order valence-corrected chi connectivity index (χ3v) is 2.73. The van der Waals surface area contributed by atoms with Crippen LogP contribution in [0.5, 0.6) is 0 Å². The second-order valence-corrected chi connectivity index (χ2v) is 4.56. The quantitative estimate of drug-likeness (QED) is 0.558. The number of ether oxygens (including phenoxy) is 2. The Hall–Kier alpha value is -2.57. The second kappa shape index (κ2) is 6.25. The van der Waals surface area contributed by atoms with Crippen molar-refractivity contribution in [2.45, 2.75) is 25.6 Å². The monoisotopic (exact) mass is 296 g/mol. The van der Waals surface area contributed by atoms with Crippen molar-refractivity contribution in [1.82, 2.24) is 0 Å². The van der Waals surface area contributed by atoms with E-state index < -0.39 is 35.5 Å². The number of aliphatic carboxylic acids is 2. The molecular weight excluding hydrogens is 280 g/mol. The van der Waals surface area contributed by atoms with Crippen LogP contribution in [0.2, 0.25) is 0 Å². The van der Waals surface area contributed by atoms with Crippen LogP contribution in [0.15, 0.2) is 36.6 Å². The maximum Gasteiger partial charge on any atom is 0.357 e. The number of esters is 1. The summed E-state index contributed by atoms with van der Waals surface area (Å²) in [7, 11) is 0. The summed E-state index contributed by atoms with van der Waals surface area (Å²) < 4.78 is 10.2. The molecule has 0 aromatic rings. The highest BCUT2D eigenvalue weighted by atomic mass is 16.6. The summed E-state index contributed by atoms with van der Waals surface area (Å²) in [4.78, 5) is 34.6. The van der Waals surface area contributed by atoms with Crippen LogP contribution >= 0.6 is 0 Å². The second-order valence-electron chi connectivity index (χ2n) is 4.56. The Morgan fingerprint density at radius 1 is 1.38 bits per heavy atom. The lowest BCUT2D eigenvalue weighted by Gasteiger charge is -2.36. The molecule has 114 valence electrons. The van der Waals surface area contributed by atoms with Crippen molar-refractivity contribution in [3.8, 4) is 0 Å². The summed E-state index contributed by atoms with van der Waals surface area (Å²) >= 11 is 0. The first-order valence-electron chi connectivity index (χ1n) is 6.13. The van der Waals surface area contributed by atoms with Gasteiger partial charge in [-0.05, 0) is 19.9 Å². The number of carbonyl (C=O) groups excluding carboxylic acids is 1. The summed E-state index contributed by atoms with van der Waals surface area (Å²) in [5, 5.41) is 18.8. The van der Waals surface area contributed by atoms with E-state index in [1.54, 1.807) is 13.8 Å². The van der Waals surface area contributed by atoms with E-state index in [9.17, 15) is 24.6 Å². The zero-order chi connectivity index (χ0) is 16.2. The van der Waals surface area contributed by atoms with E-state index in [4.69, 9.17) is 9.47 Å². The van der Waals surface area contributed by atoms with Gasteiger partial charge in [-0.15, -0.1) is 0 Å². The largest absolute Gasteiger partial charge is 0.490 e. The predicted molar refractivity (Wildman–Crippen MR) is 71.2 cm³/mol. The molecule has 0 saturated carbocycles. The van der Waals surface area contributed by atoms with Crippen LogP contribution < -0.4 is 0 Å². The van der Waals surface area contributed by atoms with E-state index >= 15 is 0 Å². The lowest BCUT2D eigenvalue weighted by Crippen LogP contribution is -2.55. The van der Waals surface area contributed by atoms with Gasteiger partial charge in [-0.2, -0.15) is 0 Å². The third-order valence-electron chi connectivity index (χ3n) is 2.73. The molecule has 2 atom stereocenters. The van der Waals surface area contributed by atoms with Crippen LogP contribution in [0, 0.1) is 5.92 Å². The van der Waals surface area contributed by atoms with Gasteiger partial charge >= 0.3 is 17.9 Å². The van der Waals surface area contributed by atoms with E-state index in [2.05, 4.69) is 6.58 Å². The lowest BCUT2D eigenvalue weighted by atomic mass is 9.81. The summed E-state index contributed by atoms with van der Waals surface area (Å²) in [5.74, 6) is -6.02. The molecular formula is C14H16O7. The summed E-state index contributed by atoms with van der Waals surface area (Å²) in [6, 6.07) is 0. The highest BCUT2D eigenvalue weighted by molar-refractivity contribution is 5.94. The normalized spacial score (nSPS) is 24.1. The number of hydrogen-bond donors (Lipinski definition) is 2. The van der Waals surface area contributed by atoms with Crippen molar-refractivity contribution in [2.24, 2.45) is 5.92 Å². The fourth-order valence-electron chi connectivity index (χ4n) is 1.90. The summed E-state index contributed by atoms with van der Waals surface area (Å²) in [5.41, 5.74) is -2.46. The molecule has 21 heavy (non-hydrogen) atoms. The number of hydrogen-bond acceptors (Lipinski definition) is 5. The van der Waals surface area contributed by atoms with Gasteiger partial charge in [0.1, 0.15) is 5.92 Å². The van der Waals surface area contributed by atoms with Crippen molar-refractivity contribution in [1.29, 1.82) is 0 Å². The fourth-order valence-corrected chi connectivity index (χ4v) is 1.90. The average molecular weight is 296 g/mol. The van der Waals surface area contributed by atoms with Crippen molar-refractivity contribution < 1.29 is 34.1 Å². The molecule has 0 spiro atoms. The zero-order valence-electron chi connectivity index (χ0n) is 11.6. The molecule has 1 aliphatic rings. The first-order chi connectivity index (χ1) is 9.75. The van der Waals surface area contributed by atoms with E-state index in [1.807, 2.05) is 0 Å². The molecule has 1 aliphatic carbocycles. The molecule has 0 bridgehead atoms. The van der Waals surface area contributed by atoms with Crippen LogP contribution in [0.25, 0.3) is 0 Å². The minimum Gasteiger partial charge on any atom is -0.490 e. The number of carbonyl (C=O) groups is 3. The van der Waals surface area contributed by atoms with Crippen LogP contribution in [0.1, 0.15) is 13.8 Å². The van der Waals surface area contributed by atoms with E-state index in [0.717, 1.165) is 12.2 Å². The van der Waals surface area contributed by atoms with E-state index in [1.165, 1.54) is 12.2 Å². The summed E-state index contributed by atoms with van der Waals surface area (Å²) in [6.07, 6.45) is 4.07. The van der Waals surface area contributed by atoms with Gasteiger partial charge in [0.2, 0.25) is 0 Å². The predicted octanol–water partition coefficient (Wildman–Crippen LogP) is 1.12. The van der Waals surface area contributed by atoms with Crippen LogP contribution in [0.3, 0.4) is 0 Å². The maximum atomic E-state index is 11.7. The van der Waals surface area contributed by atoms with Gasteiger partial charge in [0, 0.05) is 6.08 Å². The van der Waals surface area contributed by atoms with Crippen molar-refractivity contribution >= 4 is 17.9 Å². The Balaban J connectivity index is 3.44. The molecule has 7 heteroatoms. The van der Waals surface area contributed by atoms with Gasteiger partial charge in [0.25, 0.3) is 5.60 Å². The van der Waals surface area contributed by atoms with Crippen LogP contribution in [-0.4, -0.2) is 39.8 Å². The van der Waals surface area contributed by atoms with E-state index in [-0.39, 0.29) is 5.76 Å². The van der Waals surface area contributed by atoms with Crippen molar-refractivity contribution in [3.05, 3.63) is 36.6 Å². The fraction of sp³-hybridized carbons (Fsp3) is 0.357. The molecule has 0 heterocycles. The Morgan fingerprint density at radius 3 is 2.43 bits per heavy atom. The number of carboxylic acid groups (broad SMARTS) is 2. The van der Waals surface area contributed by atoms with Gasteiger partial charge in [0.05, 0.1) is 6.10 Å². The van der Waals surface area contributed by atoms with Crippen LogP contribution in [0.4, 0.5) is 0 Å². The zero-order valence-corrected chi connectivity index (χ0v) is 11.6. The van der Waals surface area contributed by atoms with Gasteiger partial charge in [-0.1, -0.05) is 18.7 Å². The molecule has 0 aromatic carbocycles. The Morgan fingerprint density at radius 2 is 2.00 bits per heavy atom. The topological polar surface area (TPSA) is 110 Å². The molecule has 7 nitrogen and oxygen atoms in total. The van der Waals surface area contributed by atoms with Crippen molar-refractivity contribution in [2.75, 3.05) is 0 Å². The van der Waals surface area contributed by atoms with E-state index in [0.29, 0.717) is 0 Å². The van der Waals surface area contributed by atoms with Gasteiger partial charge in [0.15, 0.2) is 5.76 Å². The van der Waals surface area contributed by atoms with Crippen molar-refractivity contribution in [3.63, 3.8) is 0 Å². The molecule has 2 N–H and O–H groups in total. The molecule has 0 amide bonds. The molecule has 0 radical (unpaired) electrons. The number of carboxylic acids is 2. The maximum absolute atomic E-state index is 11.7. The highest BCUT2D eigenvalue weighted by Gasteiger charge is 2.58. The van der Waals surface area contributed by atoms with Gasteiger partial charge in [-0.25, -0.2) is 9.59 Å². The lowest BCUT2D eigenvalue weighted by molar-refractivity contribution is -0.186. The van der Waals surface area contributed by atoms with Crippen LogP contribution in [-0.2, 0) is 23.9 Å².